The summed E-state index contributed by atoms with van der Waals surface area (Å²) in [6, 6.07) is 10.5. The van der Waals surface area contributed by atoms with E-state index in [1.165, 1.54) is 12.1 Å². The third kappa shape index (κ3) is 5.16. The summed E-state index contributed by atoms with van der Waals surface area (Å²) < 4.78 is 39.1. The first kappa shape index (κ1) is 20.5. The molecule has 152 valence electrons. The number of nitriles is 1. The zero-order valence-corrected chi connectivity index (χ0v) is 15.6. The van der Waals surface area contributed by atoms with E-state index in [4.69, 9.17) is 5.26 Å². The van der Waals surface area contributed by atoms with Crippen LogP contribution in [0, 0.1) is 11.3 Å². The molecule has 1 aromatic carbocycles. The Morgan fingerprint density at radius 2 is 1.90 bits per heavy atom. The van der Waals surface area contributed by atoms with E-state index in [1.807, 2.05) is 4.90 Å². The monoisotopic (exact) mass is 403 g/mol. The summed E-state index contributed by atoms with van der Waals surface area (Å²) in [6.07, 6.45) is -2.73. The van der Waals surface area contributed by atoms with Gasteiger partial charge in [0.15, 0.2) is 0 Å². The average molecular weight is 403 g/mol. The maximum atomic E-state index is 13.0. The number of nitrogens with one attached hydrogen (secondary N) is 1. The van der Waals surface area contributed by atoms with Crippen LogP contribution in [0.25, 0.3) is 0 Å². The van der Waals surface area contributed by atoms with Crippen molar-refractivity contribution in [3.63, 3.8) is 0 Å². The number of carbonyl (C=O) groups excluding carboxylic acids is 1. The van der Waals surface area contributed by atoms with Gasteiger partial charge in [-0.25, -0.2) is 9.78 Å². The van der Waals surface area contributed by atoms with Gasteiger partial charge in [-0.2, -0.15) is 18.4 Å². The minimum Gasteiger partial charge on any atom is -0.353 e. The van der Waals surface area contributed by atoms with Crippen LogP contribution in [0.2, 0.25) is 0 Å². The van der Waals surface area contributed by atoms with Gasteiger partial charge in [-0.1, -0.05) is 18.2 Å². The van der Waals surface area contributed by atoms with Gasteiger partial charge in [0.05, 0.1) is 17.2 Å². The molecule has 1 N–H and O–H groups in total. The normalized spacial score (nSPS) is 14.4. The van der Waals surface area contributed by atoms with Crippen molar-refractivity contribution >= 4 is 11.8 Å². The number of rotatable bonds is 4. The Labute approximate surface area is 166 Å². The summed E-state index contributed by atoms with van der Waals surface area (Å²) in [4.78, 5) is 20.2. The van der Waals surface area contributed by atoms with Crippen molar-refractivity contribution in [1.82, 2.24) is 15.2 Å². The predicted molar refractivity (Wildman–Crippen MR) is 101 cm³/mol. The minimum atomic E-state index is -4.41. The van der Waals surface area contributed by atoms with E-state index < -0.39 is 11.7 Å². The summed E-state index contributed by atoms with van der Waals surface area (Å²) in [5.41, 5.74) is 0.0119. The van der Waals surface area contributed by atoms with Crippen LogP contribution in [0.4, 0.5) is 23.8 Å². The maximum absolute atomic E-state index is 13.0. The molecule has 29 heavy (non-hydrogen) atoms. The molecular formula is C20H20F3N5O. The molecule has 1 aliphatic rings. The van der Waals surface area contributed by atoms with Crippen LogP contribution in [-0.4, -0.2) is 48.6 Å². The van der Waals surface area contributed by atoms with Gasteiger partial charge in [-0.3, -0.25) is 0 Å². The van der Waals surface area contributed by atoms with Crippen molar-refractivity contribution in [1.29, 1.82) is 5.26 Å². The second kappa shape index (κ2) is 8.82. The fourth-order valence-corrected chi connectivity index (χ4v) is 3.23. The van der Waals surface area contributed by atoms with Gasteiger partial charge in [0.1, 0.15) is 5.82 Å². The lowest BCUT2D eigenvalue weighted by Crippen LogP contribution is -2.52. The van der Waals surface area contributed by atoms with E-state index in [1.54, 1.807) is 29.3 Å². The van der Waals surface area contributed by atoms with Crippen LogP contribution in [0.3, 0.4) is 0 Å². The number of aromatic nitrogens is 1. The molecule has 0 spiro atoms. The van der Waals surface area contributed by atoms with Crippen molar-refractivity contribution < 1.29 is 18.0 Å². The van der Waals surface area contributed by atoms with Gasteiger partial charge in [0, 0.05) is 38.9 Å². The smallest absolute Gasteiger partial charge is 0.353 e. The summed E-state index contributed by atoms with van der Waals surface area (Å²) in [5.74, 6) is 0.688. The Kier molecular flexibility index (Phi) is 6.22. The second-order valence-corrected chi connectivity index (χ2v) is 6.63. The SMILES string of the molecule is N#Cc1ccnc(N2CCN(C(=O)NCCc3ccccc3C(F)(F)F)CC2)c1. The highest BCUT2D eigenvalue weighted by Crippen LogP contribution is 2.31. The molecule has 0 atom stereocenters. The van der Waals surface area contributed by atoms with E-state index in [-0.39, 0.29) is 24.6 Å². The number of alkyl halides is 3. The predicted octanol–water partition coefficient (Wildman–Crippen LogP) is 3.05. The molecule has 0 unspecified atom stereocenters. The summed E-state index contributed by atoms with van der Waals surface area (Å²) in [5, 5.41) is 11.7. The lowest BCUT2D eigenvalue weighted by atomic mass is 10.0. The van der Waals surface area contributed by atoms with Crippen LogP contribution in [0.1, 0.15) is 16.7 Å². The number of hydrogen-bond donors (Lipinski definition) is 1. The number of anilines is 1. The van der Waals surface area contributed by atoms with Gasteiger partial charge in [0.25, 0.3) is 0 Å². The first-order valence-corrected chi connectivity index (χ1v) is 9.17. The highest BCUT2D eigenvalue weighted by atomic mass is 19.4. The van der Waals surface area contributed by atoms with Crippen LogP contribution in [0.5, 0.6) is 0 Å². The molecule has 1 fully saturated rings. The van der Waals surface area contributed by atoms with E-state index in [0.717, 1.165) is 6.07 Å². The Hall–Kier alpha value is -3.28. The van der Waals surface area contributed by atoms with Gasteiger partial charge in [-0.15, -0.1) is 0 Å². The number of hydrogen-bond acceptors (Lipinski definition) is 4. The van der Waals surface area contributed by atoms with Gasteiger partial charge in [-0.05, 0) is 30.2 Å². The highest BCUT2D eigenvalue weighted by Gasteiger charge is 2.32. The molecule has 0 aliphatic carbocycles. The number of nitrogens with zero attached hydrogens (tertiary/aromatic N) is 4. The van der Waals surface area contributed by atoms with Crippen molar-refractivity contribution in [2.45, 2.75) is 12.6 Å². The largest absolute Gasteiger partial charge is 0.416 e. The van der Waals surface area contributed by atoms with Gasteiger partial charge >= 0.3 is 12.2 Å². The molecule has 1 aromatic heterocycles. The number of pyridine rings is 1. The van der Waals surface area contributed by atoms with Crippen LogP contribution < -0.4 is 10.2 Å². The molecule has 0 saturated carbocycles. The molecule has 6 nitrogen and oxygen atoms in total. The lowest BCUT2D eigenvalue weighted by Gasteiger charge is -2.35. The fourth-order valence-electron chi connectivity index (χ4n) is 3.23. The fraction of sp³-hybridized carbons (Fsp3) is 0.350. The highest BCUT2D eigenvalue weighted by molar-refractivity contribution is 5.74. The van der Waals surface area contributed by atoms with Gasteiger partial charge < -0.3 is 15.1 Å². The van der Waals surface area contributed by atoms with Crippen LogP contribution in [-0.2, 0) is 12.6 Å². The Bertz CT molecular complexity index is 901. The van der Waals surface area contributed by atoms with E-state index in [0.29, 0.717) is 37.6 Å². The third-order valence-electron chi connectivity index (χ3n) is 4.76. The molecule has 2 aromatic rings. The second-order valence-electron chi connectivity index (χ2n) is 6.63. The van der Waals surface area contributed by atoms with Gasteiger partial charge in [0.2, 0.25) is 0 Å². The quantitative estimate of drug-likeness (QED) is 0.852. The molecular weight excluding hydrogens is 383 g/mol. The van der Waals surface area contributed by atoms with Crippen LogP contribution >= 0.6 is 0 Å². The summed E-state index contributed by atoms with van der Waals surface area (Å²) in [7, 11) is 0. The average Bonchev–Trinajstić information content (AvgIpc) is 2.73. The van der Waals surface area contributed by atoms with E-state index >= 15 is 0 Å². The minimum absolute atomic E-state index is 0.103. The number of benzene rings is 1. The molecule has 1 saturated heterocycles. The Morgan fingerprint density at radius 3 is 2.59 bits per heavy atom. The lowest BCUT2D eigenvalue weighted by molar-refractivity contribution is -0.138. The summed E-state index contributed by atoms with van der Waals surface area (Å²) >= 11 is 0. The first-order chi connectivity index (χ1) is 13.9. The zero-order valence-electron chi connectivity index (χ0n) is 15.6. The number of halogens is 3. The number of piperazine rings is 1. The third-order valence-corrected chi connectivity index (χ3v) is 4.76. The van der Waals surface area contributed by atoms with Crippen molar-refractivity contribution in [3.05, 3.63) is 59.3 Å². The number of urea groups is 1. The van der Waals surface area contributed by atoms with Crippen LogP contribution in [0.15, 0.2) is 42.6 Å². The zero-order chi connectivity index (χ0) is 20.9. The molecule has 0 radical (unpaired) electrons. The van der Waals surface area contributed by atoms with E-state index in [2.05, 4.69) is 16.4 Å². The Balaban J connectivity index is 1.49. The maximum Gasteiger partial charge on any atom is 0.416 e. The first-order valence-electron chi connectivity index (χ1n) is 9.17. The molecule has 3 rings (SSSR count). The Morgan fingerprint density at radius 1 is 1.17 bits per heavy atom. The number of amides is 2. The number of carbonyl (C=O) groups is 1. The van der Waals surface area contributed by atoms with E-state index in [9.17, 15) is 18.0 Å². The molecule has 2 heterocycles. The molecule has 9 heteroatoms. The standard InChI is InChI=1S/C20H20F3N5O/c21-20(22,23)17-4-2-1-3-16(17)6-8-26-19(29)28-11-9-27(10-12-28)18-13-15(14-24)5-7-25-18/h1-5,7,13H,6,8-12H2,(H,26,29). The van der Waals surface area contributed by atoms with Crippen molar-refractivity contribution in [2.75, 3.05) is 37.6 Å². The summed E-state index contributed by atoms with van der Waals surface area (Å²) in [6.45, 7) is 2.17. The van der Waals surface area contributed by atoms with Crippen molar-refractivity contribution in [3.8, 4) is 6.07 Å². The molecule has 1 aliphatic heterocycles. The van der Waals surface area contributed by atoms with Crippen molar-refractivity contribution in [2.24, 2.45) is 0 Å². The molecule has 2 amide bonds. The topological polar surface area (TPSA) is 72.3 Å². The molecule has 0 bridgehead atoms.